The Morgan fingerprint density at radius 3 is 2.59 bits per heavy atom. The number of nitrogens with zero attached hydrogens (tertiary/aromatic N) is 4. The van der Waals surface area contributed by atoms with Crippen LogP contribution in [-0.2, 0) is 0 Å². The molecule has 0 saturated carbocycles. The van der Waals surface area contributed by atoms with Crippen molar-refractivity contribution in [2.45, 2.75) is 19.9 Å². The highest BCUT2D eigenvalue weighted by Crippen LogP contribution is 2.30. The van der Waals surface area contributed by atoms with Crippen molar-refractivity contribution in [3.8, 4) is 17.0 Å². The molecule has 0 radical (unpaired) electrons. The summed E-state index contributed by atoms with van der Waals surface area (Å²) in [6.45, 7) is 6.45. The number of benzene rings is 1. The molecule has 0 bridgehead atoms. The van der Waals surface area contributed by atoms with E-state index in [1.807, 2.05) is 19.9 Å². The van der Waals surface area contributed by atoms with Gasteiger partial charge < -0.3 is 19.9 Å². The Kier molecular flexibility index (Phi) is 5.73. The second kappa shape index (κ2) is 8.20. The van der Waals surface area contributed by atoms with Gasteiger partial charge in [-0.3, -0.25) is 0 Å². The second-order valence-corrected chi connectivity index (χ2v) is 6.68. The molecule has 0 aliphatic carbocycles. The van der Waals surface area contributed by atoms with E-state index in [9.17, 15) is 9.18 Å². The van der Waals surface area contributed by atoms with Gasteiger partial charge in [-0.2, -0.15) is 0 Å². The van der Waals surface area contributed by atoms with Gasteiger partial charge in [-0.15, -0.1) is 0 Å². The molecule has 1 saturated heterocycles. The third kappa shape index (κ3) is 4.45. The maximum Gasteiger partial charge on any atom is 0.317 e. The van der Waals surface area contributed by atoms with E-state index in [-0.39, 0.29) is 17.9 Å². The first-order valence-electron chi connectivity index (χ1n) is 8.94. The van der Waals surface area contributed by atoms with Crippen molar-refractivity contribution in [3.63, 3.8) is 0 Å². The molecule has 0 atom stereocenters. The lowest BCUT2D eigenvalue weighted by atomic mass is 10.1. The van der Waals surface area contributed by atoms with Crippen molar-refractivity contribution >= 4 is 11.8 Å². The van der Waals surface area contributed by atoms with Crippen LogP contribution in [0, 0.1) is 5.82 Å². The smallest absolute Gasteiger partial charge is 0.317 e. The molecule has 27 heavy (non-hydrogen) atoms. The summed E-state index contributed by atoms with van der Waals surface area (Å²) in [7, 11) is 1.54. The first kappa shape index (κ1) is 18.9. The van der Waals surface area contributed by atoms with E-state index in [0.29, 0.717) is 43.2 Å². The minimum Gasteiger partial charge on any atom is -0.496 e. The van der Waals surface area contributed by atoms with E-state index >= 15 is 0 Å². The van der Waals surface area contributed by atoms with Crippen LogP contribution in [0.4, 0.5) is 15.0 Å². The fraction of sp³-hybridized carbons (Fsp3) is 0.421. The number of nitrogens with one attached hydrogen (secondary N) is 1. The molecule has 1 aromatic carbocycles. The van der Waals surface area contributed by atoms with E-state index < -0.39 is 0 Å². The largest absolute Gasteiger partial charge is 0.496 e. The third-order valence-corrected chi connectivity index (χ3v) is 4.39. The Balaban J connectivity index is 1.74. The number of rotatable bonds is 4. The summed E-state index contributed by atoms with van der Waals surface area (Å²) in [5.41, 5.74) is 1.17. The van der Waals surface area contributed by atoms with Crippen LogP contribution < -0.4 is 15.0 Å². The molecule has 0 unspecified atom stereocenters. The summed E-state index contributed by atoms with van der Waals surface area (Å²) in [6.07, 6.45) is 1.47. The fourth-order valence-corrected chi connectivity index (χ4v) is 3.02. The van der Waals surface area contributed by atoms with Crippen LogP contribution in [0.1, 0.15) is 13.8 Å². The third-order valence-electron chi connectivity index (χ3n) is 4.39. The predicted octanol–water partition coefficient (Wildman–Crippen LogP) is 2.53. The Morgan fingerprint density at radius 2 is 1.93 bits per heavy atom. The maximum absolute atomic E-state index is 13.7. The number of carbonyl (C=O) groups is 1. The normalized spacial score (nSPS) is 14.4. The number of anilines is 1. The van der Waals surface area contributed by atoms with Crippen LogP contribution in [0.3, 0.4) is 0 Å². The molecule has 0 spiro atoms. The van der Waals surface area contributed by atoms with Gasteiger partial charge in [-0.25, -0.2) is 19.2 Å². The van der Waals surface area contributed by atoms with E-state index in [4.69, 9.17) is 4.74 Å². The Morgan fingerprint density at radius 1 is 1.19 bits per heavy atom. The highest BCUT2D eigenvalue weighted by atomic mass is 19.1. The molecule has 2 amide bonds. The van der Waals surface area contributed by atoms with E-state index in [0.717, 1.165) is 5.82 Å². The van der Waals surface area contributed by atoms with E-state index in [1.54, 1.807) is 18.1 Å². The average molecular weight is 373 g/mol. The van der Waals surface area contributed by atoms with Crippen LogP contribution in [-0.4, -0.2) is 60.2 Å². The van der Waals surface area contributed by atoms with Crippen molar-refractivity contribution in [1.29, 1.82) is 0 Å². The summed E-state index contributed by atoms with van der Waals surface area (Å²) >= 11 is 0. The van der Waals surface area contributed by atoms with Crippen molar-refractivity contribution in [2.75, 3.05) is 38.2 Å². The van der Waals surface area contributed by atoms with Gasteiger partial charge in [0, 0.05) is 43.9 Å². The van der Waals surface area contributed by atoms with Gasteiger partial charge in [-0.1, -0.05) is 0 Å². The zero-order chi connectivity index (χ0) is 19.4. The molecule has 7 nitrogen and oxygen atoms in total. The van der Waals surface area contributed by atoms with Gasteiger partial charge in [0.2, 0.25) is 0 Å². The molecule has 1 fully saturated rings. The fourth-order valence-electron chi connectivity index (χ4n) is 3.02. The lowest BCUT2D eigenvalue weighted by molar-refractivity contribution is 0.191. The number of carbonyl (C=O) groups excluding carboxylic acids is 1. The Bertz CT molecular complexity index is 806. The average Bonchev–Trinajstić information content (AvgIpc) is 2.67. The first-order chi connectivity index (χ1) is 13.0. The highest BCUT2D eigenvalue weighted by molar-refractivity contribution is 5.75. The van der Waals surface area contributed by atoms with Gasteiger partial charge >= 0.3 is 6.03 Å². The van der Waals surface area contributed by atoms with Crippen molar-refractivity contribution in [3.05, 3.63) is 36.4 Å². The van der Waals surface area contributed by atoms with Crippen molar-refractivity contribution in [2.24, 2.45) is 0 Å². The molecule has 144 valence electrons. The van der Waals surface area contributed by atoms with Gasteiger partial charge in [-0.05, 0) is 32.0 Å². The number of aromatic nitrogens is 2. The van der Waals surface area contributed by atoms with Gasteiger partial charge in [0.15, 0.2) is 0 Å². The van der Waals surface area contributed by atoms with E-state index in [2.05, 4.69) is 20.2 Å². The number of urea groups is 1. The van der Waals surface area contributed by atoms with Crippen molar-refractivity contribution < 1.29 is 13.9 Å². The standard InChI is InChI=1S/C19H24FN5O2/c1-13(2)23-19(26)25-8-6-24(7-9-25)18-11-16(21-12-22-18)15-10-14(20)4-5-17(15)27-3/h4-5,10-13H,6-9H2,1-3H3,(H,23,26). The highest BCUT2D eigenvalue weighted by Gasteiger charge is 2.22. The zero-order valence-electron chi connectivity index (χ0n) is 15.8. The molecule has 2 heterocycles. The SMILES string of the molecule is COc1ccc(F)cc1-c1cc(N2CCN(C(=O)NC(C)C)CC2)ncn1. The maximum atomic E-state index is 13.7. The number of hydrogen-bond acceptors (Lipinski definition) is 5. The molecule has 1 aromatic heterocycles. The topological polar surface area (TPSA) is 70.6 Å². The van der Waals surface area contributed by atoms with Crippen molar-refractivity contribution in [1.82, 2.24) is 20.2 Å². The van der Waals surface area contributed by atoms with Crippen LogP contribution in [0.15, 0.2) is 30.6 Å². The summed E-state index contributed by atoms with van der Waals surface area (Å²) in [6, 6.07) is 6.23. The lowest BCUT2D eigenvalue weighted by Gasteiger charge is -2.35. The molecule has 3 rings (SSSR count). The number of hydrogen-bond donors (Lipinski definition) is 1. The summed E-state index contributed by atoms with van der Waals surface area (Å²) < 4.78 is 19.0. The quantitative estimate of drug-likeness (QED) is 0.892. The number of amides is 2. The van der Waals surface area contributed by atoms with Gasteiger partial charge in [0.25, 0.3) is 0 Å². The number of ether oxygens (including phenoxy) is 1. The number of halogens is 1. The molecule has 1 aliphatic heterocycles. The Labute approximate surface area is 158 Å². The molecule has 1 N–H and O–H groups in total. The second-order valence-electron chi connectivity index (χ2n) is 6.68. The first-order valence-corrected chi connectivity index (χ1v) is 8.94. The van der Waals surface area contributed by atoms with Crippen LogP contribution in [0.5, 0.6) is 5.75 Å². The minimum absolute atomic E-state index is 0.0440. The summed E-state index contributed by atoms with van der Waals surface area (Å²) in [5.74, 6) is 0.946. The van der Waals surface area contributed by atoms with Gasteiger partial charge in [0.1, 0.15) is 23.7 Å². The molecule has 1 aliphatic rings. The summed E-state index contributed by atoms with van der Waals surface area (Å²) in [5, 5.41) is 2.91. The van der Waals surface area contributed by atoms with Crippen LogP contribution in [0.25, 0.3) is 11.3 Å². The van der Waals surface area contributed by atoms with Gasteiger partial charge in [0.05, 0.1) is 12.8 Å². The molecular weight excluding hydrogens is 349 g/mol. The monoisotopic (exact) mass is 373 g/mol. The Hall–Kier alpha value is -2.90. The predicted molar refractivity (Wildman–Crippen MR) is 101 cm³/mol. The zero-order valence-corrected chi connectivity index (χ0v) is 15.8. The minimum atomic E-state index is -0.351. The molecular formula is C19H24FN5O2. The molecule has 2 aromatic rings. The number of methoxy groups -OCH3 is 1. The summed E-state index contributed by atoms with van der Waals surface area (Å²) in [4.78, 5) is 24.6. The van der Waals surface area contributed by atoms with Crippen LogP contribution in [0.2, 0.25) is 0 Å². The number of piperazine rings is 1. The lowest BCUT2D eigenvalue weighted by Crippen LogP contribution is -2.53. The molecule has 8 heteroatoms. The van der Waals surface area contributed by atoms with E-state index in [1.165, 1.54) is 18.5 Å². The van der Waals surface area contributed by atoms with Crippen LogP contribution >= 0.6 is 0 Å².